The number of nitrogens with zero attached hydrogens (tertiary/aromatic N) is 2. The van der Waals surface area contributed by atoms with Crippen LogP contribution in [0.4, 0.5) is 0 Å². The van der Waals surface area contributed by atoms with E-state index in [4.69, 9.17) is 16.6 Å². The minimum atomic E-state index is 0.561. The van der Waals surface area contributed by atoms with Gasteiger partial charge in [0.05, 0.1) is 11.0 Å². The van der Waals surface area contributed by atoms with Crippen LogP contribution in [-0.2, 0) is 6.54 Å². The summed E-state index contributed by atoms with van der Waals surface area (Å²) < 4.78 is 2.28. The van der Waals surface area contributed by atoms with Crippen molar-refractivity contribution in [2.24, 2.45) is 5.92 Å². The zero-order valence-corrected chi connectivity index (χ0v) is 12.4. The monoisotopic (exact) mass is 284 g/mol. The molecule has 0 aliphatic rings. The van der Waals surface area contributed by atoms with Crippen molar-refractivity contribution in [1.29, 1.82) is 0 Å². The molecule has 3 rings (SSSR count). The molecule has 2 nitrogen and oxygen atoms in total. The number of aromatic nitrogens is 2. The molecule has 0 fully saturated rings. The number of halogens is 1. The number of benzene rings is 2. The van der Waals surface area contributed by atoms with Crippen molar-refractivity contribution in [3.63, 3.8) is 0 Å². The first-order chi connectivity index (χ1) is 9.65. The molecule has 0 aliphatic carbocycles. The molecule has 0 spiro atoms. The van der Waals surface area contributed by atoms with Gasteiger partial charge in [-0.05, 0) is 30.2 Å². The average molecular weight is 285 g/mol. The first-order valence-electron chi connectivity index (χ1n) is 6.86. The second kappa shape index (κ2) is 5.29. The summed E-state index contributed by atoms with van der Waals surface area (Å²) in [5.41, 5.74) is 3.27. The normalized spacial score (nSPS) is 11.4. The summed E-state index contributed by atoms with van der Waals surface area (Å²) in [7, 11) is 0. The highest BCUT2D eigenvalue weighted by atomic mass is 35.5. The Hall–Kier alpha value is -1.80. The van der Waals surface area contributed by atoms with Crippen molar-refractivity contribution in [3.05, 3.63) is 53.6 Å². The first kappa shape index (κ1) is 13.2. The van der Waals surface area contributed by atoms with Gasteiger partial charge in [0.15, 0.2) is 0 Å². The summed E-state index contributed by atoms with van der Waals surface area (Å²) in [5, 5.41) is 0.741. The summed E-state index contributed by atoms with van der Waals surface area (Å²) >= 11 is 6.11. The van der Waals surface area contributed by atoms with Gasteiger partial charge in [-0.25, -0.2) is 4.98 Å². The van der Waals surface area contributed by atoms with Crippen molar-refractivity contribution in [2.45, 2.75) is 20.4 Å². The van der Waals surface area contributed by atoms with Gasteiger partial charge >= 0.3 is 0 Å². The quantitative estimate of drug-likeness (QED) is 0.661. The van der Waals surface area contributed by atoms with Crippen LogP contribution in [0.15, 0.2) is 48.5 Å². The zero-order valence-electron chi connectivity index (χ0n) is 11.7. The lowest BCUT2D eigenvalue weighted by molar-refractivity contribution is 0.536. The lowest BCUT2D eigenvalue weighted by Crippen LogP contribution is -2.06. The maximum atomic E-state index is 6.11. The van der Waals surface area contributed by atoms with E-state index in [-0.39, 0.29) is 0 Å². The minimum absolute atomic E-state index is 0.561. The van der Waals surface area contributed by atoms with Crippen LogP contribution in [0.3, 0.4) is 0 Å². The van der Waals surface area contributed by atoms with Gasteiger partial charge in [0.1, 0.15) is 5.82 Å². The van der Waals surface area contributed by atoms with E-state index in [0.29, 0.717) is 5.92 Å². The molecule has 0 radical (unpaired) electrons. The summed E-state index contributed by atoms with van der Waals surface area (Å²) in [4.78, 5) is 4.78. The fourth-order valence-electron chi connectivity index (χ4n) is 2.47. The highest BCUT2D eigenvalue weighted by Gasteiger charge is 2.13. The third kappa shape index (κ3) is 2.44. The van der Waals surface area contributed by atoms with Crippen LogP contribution in [0.5, 0.6) is 0 Å². The molecule has 20 heavy (non-hydrogen) atoms. The van der Waals surface area contributed by atoms with Crippen molar-refractivity contribution in [3.8, 4) is 11.4 Å². The van der Waals surface area contributed by atoms with Gasteiger partial charge in [-0.1, -0.05) is 49.7 Å². The van der Waals surface area contributed by atoms with Crippen LogP contribution in [-0.4, -0.2) is 9.55 Å². The summed E-state index contributed by atoms with van der Waals surface area (Å²) in [6, 6.07) is 16.2. The molecule has 0 bridgehead atoms. The summed E-state index contributed by atoms with van der Waals surface area (Å²) in [6.07, 6.45) is 0. The maximum absolute atomic E-state index is 6.11. The van der Waals surface area contributed by atoms with Gasteiger partial charge in [0.2, 0.25) is 0 Å². The number of fused-ring (bicyclic) bond motifs is 1. The van der Waals surface area contributed by atoms with Crippen LogP contribution in [0.1, 0.15) is 13.8 Å². The number of rotatable bonds is 3. The molecule has 0 atom stereocenters. The van der Waals surface area contributed by atoms with Crippen molar-refractivity contribution in [1.82, 2.24) is 9.55 Å². The Balaban J connectivity index is 2.23. The molecular formula is C17H17ClN2. The molecule has 0 aliphatic heterocycles. The van der Waals surface area contributed by atoms with E-state index in [1.807, 2.05) is 24.3 Å². The van der Waals surface area contributed by atoms with Crippen LogP contribution in [0.2, 0.25) is 5.02 Å². The number of imidazole rings is 1. The second-order valence-electron chi connectivity index (χ2n) is 5.44. The Bertz CT molecular complexity index is 744. The molecule has 0 amide bonds. The minimum Gasteiger partial charge on any atom is -0.324 e. The van der Waals surface area contributed by atoms with Crippen LogP contribution < -0.4 is 0 Å². The van der Waals surface area contributed by atoms with Crippen molar-refractivity contribution >= 4 is 22.6 Å². The van der Waals surface area contributed by atoms with Crippen LogP contribution in [0.25, 0.3) is 22.4 Å². The SMILES string of the molecule is CC(C)Cn1c(-c2cccc(Cl)c2)nc2ccccc21. The Morgan fingerprint density at radius 3 is 2.65 bits per heavy atom. The van der Waals surface area contributed by atoms with Gasteiger partial charge in [-0.2, -0.15) is 0 Å². The average Bonchev–Trinajstić information content (AvgIpc) is 2.77. The van der Waals surface area contributed by atoms with Gasteiger partial charge < -0.3 is 4.57 Å². The summed E-state index contributed by atoms with van der Waals surface area (Å²) in [5.74, 6) is 1.55. The molecule has 3 aromatic rings. The van der Waals surface area contributed by atoms with E-state index in [2.05, 4.69) is 42.7 Å². The second-order valence-corrected chi connectivity index (χ2v) is 5.88. The maximum Gasteiger partial charge on any atom is 0.141 e. The molecule has 102 valence electrons. The van der Waals surface area contributed by atoms with E-state index in [1.54, 1.807) is 0 Å². The predicted octanol–water partition coefficient (Wildman–Crippen LogP) is 5.01. The summed E-state index contributed by atoms with van der Waals surface area (Å²) in [6.45, 7) is 5.38. The number of hydrogen-bond donors (Lipinski definition) is 0. The largest absolute Gasteiger partial charge is 0.324 e. The predicted molar refractivity (Wildman–Crippen MR) is 85.0 cm³/mol. The van der Waals surface area contributed by atoms with Crippen LogP contribution >= 0.6 is 11.6 Å². The van der Waals surface area contributed by atoms with Gasteiger partial charge in [-0.15, -0.1) is 0 Å². The smallest absolute Gasteiger partial charge is 0.141 e. The highest BCUT2D eigenvalue weighted by molar-refractivity contribution is 6.30. The van der Waals surface area contributed by atoms with E-state index in [1.165, 1.54) is 5.52 Å². The standard InChI is InChI=1S/C17H17ClN2/c1-12(2)11-20-16-9-4-3-8-15(16)19-17(20)13-6-5-7-14(18)10-13/h3-10,12H,11H2,1-2H3. The topological polar surface area (TPSA) is 17.8 Å². The van der Waals surface area contributed by atoms with E-state index in [0.717, 1.165) is 28.5 Å². The molecule has 1 heterocycles. The van der Waals surface area contributed by atoms with Crippen molar-refractivity contribution in [2.75, 3.05) is 0 Å². The van der Waals surface area contributed by atoms with Crippen molar-refractivity contribution < 1.29 is 0 Å². The fraction of sp³-hybridized carbons (Fsp3) is 0.235. The Labute approximate surface area is 124 Å². The molecule has 0 saturated carbocycles. The highest BCUT2D eigenvalue weighted by Crippen LogP contribution is 2.27. The van der Waals surface area contributed by atoms with E-state index >= 15 is 0 Å². The zero-order chi connectivity index (χ0) is 14.1. The lowest BCUT2D eigenvalue weighted by Gasteiger charge is -2.12. The third-order valence-electron chi connectivity index (χ3n) is 3.29. The Morgan fingerprint density at radius 2 is 1.90 bits per heavy atom. The molecule has 0 unspecified atom stereocenters. The van der Waals surface area contributed by atoms with Gasteiger partial charge in [-0.3, -0.25) is 0 Å². The van der Waals surface area contributed by atoms with Gasteiger partial charge in [0, 0.05) is 17.1 Å². The molecule has 1 aromatic heterocycles. The van der Waals surface area contributed by atoms with E-state index in [9.17, 15) is 0 Å². The first-order valence-corrected chi connectivity index (χ1v) is 7.24. The Morgan fingerprint density at radius 1 is 1.10 bits per heavy atom. The molecule has 0 N–H and O–H groups in total. The fourth-order valence-corrected chi connectivity index (χ4v) is 2.66. The molecular weight excluding hydrogens is 268 g/mol. The number of hydrogen-bond acceptors (Lipinski definition) is 1. The Kier molecular flexibility index (Phi) is 3.49. The molecule has 0 saturated heterocycles. The number of para-hydroxylation sites is 2. The molecule has 2 aromatic carbocycles. The molecule has 3 heteroatoms. The third-order valence-corrected chi connectivity index (χ3v) is 3.52. The van der Waals surface area contributed by atoms with E-state index < -0.39 is 0 Å². The van der Waals surface area contributed by atoms with Gasteiger partial charge in [0.25, 0.3) is 0 Å². The lowest BCUT2D eigenvalue weighted by atomic mass is 10.2. The van der Waals surface area contributed by atoms with Crippen LogP contribution in [0, 0.1) is 5.92 Å².